The molecule has 0 bridgehead atoms. The van der Waals surface area contributed by atoms with Crippen LogP contribution in [0.3, 0.4) is 0 Å². The Morgan fingerprint density at radius 1 is 1.21 bits per heavy atom. The number of hydrogen-bond donors (Lipinski definition) is 2. The minimum absolute atomic E-state index is 0.213. The van der Waals surface area contributed by atoms with E-state index in [1.165, 1.54) is 13.2 Å². The number of methoxy groups -OCH3 is 1. The molecule has 3 rings (SSSR count). The number of aliphatic carboxylic acids is 1. The lowest BCUT2D eigenvalue weighted by Gasteiger charge is -2.30. The number of amides is 1. The predicted octanol–water partition coefficient (Wildman–Crippen LogP) is 3.58. The highest BCUT2D eigenvalue weighted by Crippen LogP contribution is 2.48. The zero-order valence-corrected chi connectivity index (χ0v) is 15.5. The van der Waals surface area contributed by atoms with Crippen LogP contribution >= 0.6 is 0 Å². The summed E-state index contributed by atoms with van der Waals surface area (Å²) < 4.78 is 31.8. The first-order valence-corrected chi connectivity index (χ1v) is 8.87. The van der Waals surface area contributed by atoms with Gasteiger partial charge in [-0.1, -0.05) is 18.2 Å². The first kappa shape index (κ1) is 19.8. The third-order valence-corrected chi connectivity index (χ3v) is 5.11. The summed E-state index contributed by atoms with van der Waals surface area (Å²) in [4.78, 5) is 24.2. The Bertz CT molecular complexity index is 917. The highest BCUT2D eigenvalue weighted by Gasteiger charge is 2.46. The molecular formula is C21H21F2NO4. The molecule has 0 saturated heterocycles. The Labute approximate surface area is 161 Å². The fraction of sp³-hybridized carbons (Fsp3) is 0.333. The fourth-order valence-corrected chi connectivity index (χ4v) is 3.45. The number of halogens is 2. The van der Waals surface area contributed by atoms with Crippen molar-refractivity contribution in [2.75, 3.05) is 7.11 Å². The van der Waals surface area contributed by atoms with Crippen molar-refractivity contribution < 1.29 is 28.2 Å². The first-order chi connectivity index (χ1) is 13.2. The monoisotopic (exact) mass is 389 g/mol. The second-order valence-electron chi connectivity index (χ2n) is 7.25. The van der Waals surface area contributed by atoms with Gasteiger partial charge in [0.25, 0.3) is 0 Å². The molecule has 2 aromatic carbocycles. The zero-order chi connectivity index (χ0) is 20.5. The quantitative estimate of drug-likeness (QED) is 0.759. The van der Waals surface area contributed by atoms with Gasteiger partial charge in [-0.2, -0.15) is 0 Å². The van der Waals surface area contributed by atoms with E-state index < -0.39 is 29.1 Å². The average Bonchev–Trinajstić information content (AvgIpc) is 3.44. The Morgan fingerprint density at radius 2 is 1.96 bits per heavy atom. The molecule has 1 saturated carbocycles. The summed E-state index contributed by atoms with van der Waals surface area (Å²) in [6.07, 6.45) is 0.187. The van der Waals surface area contributed by atoms with Crippen LogP contribution in [-0.4, -0.2) is 24.1 Å². The Balaban J connectivity index is 1.78. The highest BCUT2D eigenvalue weighted by atomic mass is 19.2. The maximum Gasteiger partial charge on any atom is 0.306 e. The predicted molar refractivity (Wildman–Crippen MR) is 97.9 cm³/mol. The lowest BCUT2D eigenvalue weighted by molar-refractivity contribution is -0.139. The standard InChI is InChI=1S/C21H21F2NO4/c1-21(11-19(25)26,13-4-3-5-14(9-13)28-2)24-20(27)16-10-15(16)12-6-7-17(22)18(23)8-12/h3-9,15-16H,10-11H2,1-2H3,(H,24,27)(H,25,26). The Hall–Kier alpha value is -2.96. The van der Waals surface area contributed by atoms with Crippen molar-refractivity contribution in [1.82, 2.24) is 5.32 Å². The van der Waals surface area contributed by atoms with Crippen molar-refractivity contribution in [2.24, 2.45) is 5.92 Å². The second-order valence-corrected chi connectivity index (χ2v) is 7.25. The smallest absolute Gasteiger partial charge is 0.306 e. The molecule has 0 heterocycles. The molecule has 1 aliphatic carbocycles. The minimum atomic E-state index is -1.14. The number of carbonyl (C=O) groups is 2. The van der Waals surface area contributed by atoms with Crippen LogP contribution in [-0.2, 0) is 15.1 Å². The average molecular weight is 389 g/mol. The van der Waals surface area contributed by atoms with Gasteiger partial charge in [-0.25, -0.2) is 8.78 Å². The topological polar surface area (TPSA) is 75.6 Å². The molecule has 0 spiro atoms. The molecule has 0 aliphatic heterocycles. The summed E-state index contributed by atoms with van der Waals surface area (Å²) in [6, 6.07) is 10.5. The molecule has 3 unspecified atom stereocenters. The Kier molecular flexibility index (Phi) is 5.36. The zero-order valence-electron chi connectivity index (χ0n) is 15.5. The van der Waals surface area contributed by atoms with Crippen molar-refractivity contribution in [3.05, 3.63) is 65.2 Å². The van der Waals surface area contributed by atoms with E-state index in [2.05, 4.69) is 5.32 Å². The molecule has 148 valence electrons. The SMILES string of the molecule is COc1cccc(C(C)(CC(=O)O)NC(=O)C2CC2c2ccc(F)c(F)c2)c1. The number of nitrogens with one attached hydrogen (secondary N) is 1. The number of rotatable bonds is 7. The van der Waals surface area contributed by atoms with Crippen molar-refractivity contribution in [3.63, 3.8) is 0 Å². The molecule has 1 fully saturated rings. The van der Waals surface area contributed by atoms with E-state index in [0.29, 0.717) is 23.3 Å². The van der Waals surface area contributed by atoms with Crippen molar-refractivity contribution >= 4 is 11.9 Å². The summed E-state index contributed by atoms with van der Waals surface area (Å²) >= 11 is 0. The van der Waals surface area contributed by atoms with Gasteiger partial charge in [-0.15, -0.1) is 0 Å². The van der Waals surface area contributed by atoms with Gasteiger partial charge in [-0.3, -0.25) is 9.59 Å². The normalized spacial score (nSPS) is 20.1. The van der Waals surface area contributed by atoms with Crippen molar-refractivity contribution in [1.29, 1.82) is 0 Å². The van der Waals surface area contributed by atoms with Gasteiger partial charge in [0.2, 0.25) is 5.91 Å². The molecule has 2 N–H and O–H groups in total. The van der Waals surface area contributed by atoms with Gasteiger partial charge in [0, 0.05) is 5.92 Å². The molecule has 1 amide bonds. The van der Waals surface area contributed by atoms with E-state index in [1.54, 1.807) is 31.2 Å². The van der Waals surface area contributed by atoms with Crippen LogP contribution in [0.15, 0.2) is 42.5 Å². The maximum atomic E-state index is 13.5. The highest BCUT2D eigenvalue weighted by molar-refractivity contribution is 5.84. The number of carboxylic acid groups (broad SMARTS) is 1. The summed E-state index contributed by atoms with van der Waals surface area (Å²) in [5.41, 5.74) is 0.0199. The van der Waals surface area contributed by atoms with Gasteiger partial charge < -0.3 is 15.2 Å². The van der Waals surface area contributed by atoms with Crippen LogP contribution in [0.4, 0.5) is 8.78 Å². The Morgan fingerprint density at radius 3 is 2.61 bits per heavy atom. The number of ether oxygens (including phenoxy) is 1. The van der Waals surface area contributed by atoms with E-state index in [-0.39, 0.29) is 18.2 Å². The van der Waals surface area contributed by atoms with E-state index in [1.807, 2.05) is 0 Å². The first-order valence-electron chi connectivity index (χ1n) is 8.87. The van der Waals surface area contributed by atoms with E-state index in [4.69, 9.17) is 4.74 Å². The maximum absolute atomic E-state index is 13.5. The van der Waals surface area contributed by atoms with Gasteiger partial charge in [0.1, 0.15) is 5.75 Å². The third kappa shape index (κ3) is 4.13. The summed E-state index contributed by atoms with van der Waals surface area (Å²) in [7, 11) is 1.50. The van der Waals surface area contributed by atoms with Crippen LogP contribution in [0, 0.1) is 17.6 Å². The van der Waals surface area contributed by atoms with Crippen LogP contribution in [0.5, 0.6) is 5.75 Å². The molecule has 1 aliphatic rings. The summed E-state index contributed by atoms with van der Waals surface area (Å²) in [5, 5.41) is 12.2. The van der Waals surface area contributed by atoms with Crippen molar-refractivity contribution in [3.8, 4) is 5.75 Å². The van der Waals surface area contributed by atoms with Crippen molar-refractivity contribution in [2.45, 2.75) is 31.2 Å². The van der Waals surface area contributed by atoms with Gasteiger partial charge in [-0.05, 0) is 54.7 Å². The third-order valence-electron chi connectivity index (χ3n) is 5.11. The second kappa shape index (κ2) is 7.58. The van der Waals surface area contributed by atoms with Gasteiger partial charge >= 0.3 is 5.97 Å². The van der Waals surface area contributed by atoms with Crippen LogP contribution in [0.25, 0.3) is 0 Å². The minimum Gasteiger partial charge on any atom is -0.497 e. The molecule has 28 heavy (non-hydrogen) atoms. The fourth-order valence-electron chi connectivity index (χ4n) is 3.45. The molecule has 0 radical (unpaired) electrons. The molecule has 3 atom stereocenters. The van der Waals surface area contributed by atoms with Gasteiger partial charge in [0.15, 0.2) is 11.6 Å². The molecule has 0 aromatic heterocycles. The molecule has 7 heteroatoms. The molecule has 5 nitrogen and oxygen atoms in total. The number of hydrogen-bond acceptors (Lipinski definition) is 3. The lowest BCUT2D eigenvalue weighted by atomic mass is 9.88. The summed E-state index contributed by atoms with van der Waals surface area (Å²) in [6.45, 7) is 1.64. The van der Waals surface area contributed by atoms with E-state index in [9.17, 15) is 23.5 Å². The largest absolute Gasteiger partial charge is 0.497 e. The molecule has 2 aromatic rings. The molecular weight excluding hydrogens is 368 g/mol. The van der Waals surface area contributed by atoms with Gasteiger partial charge in [0.05, 0.1) is 19.1 Å². The van der Waals surface area contributed by atoms with Crippen LogP contribution in [0.2, 0.25) is 0 Å². The van der Waals surface area contributed by atoms with E-state index >= 15 is 0 Å². The lowest BCUT2D eigenvalue weighted by Crippen LogP contribution is -2.45. The summed E-state index contributed by atoms with van der Waals surface area (Å²) in [5.74, 6) is -3.33. The van der Waals surface area contributed by atoms with Crippen LogP contribution < -0.4 is 10.1 Å². The van der Waals surface area contributed by atoms with E-state index in [0.717, 1.165) is 12.1 Å². The van der Waals surface area contributed by atoms with Crippen LogP contribution in [0.1, 0.15) is 36.8 Å². The number of carbonyl (C=O) groups excluding carboxylic acids is 1. The number of benzene rings is 2. The number of carboxylic acids is 1.